The van der Waals surface area contributed by atoms with Gasteiger partial charge in [0, 0.05) is 0 Å². The van der Waals surface area contributed by atoms with Gasteiger partial charge in [0.15, 0.2) is 34.5 Å². The molecular formula is C26H32O6. The molecule has 3 rings (SSSR count). The summed E-state index contributed by atoms with van der Waals surface area (Å²) in [5, 5.41) is 36.5. The fraction of sp³-hybridized carbons (Fsp3) is 0.231. The number of hydrogen-bond acceptors (Lipinski definition) is 6. The second-order valence-corrected chi connectivity index (χ2v) is 6.63. The van der Waals surface area contributed by atoms with Crippen molar-refractivity contribution in [3.05, 3.63) is 77.9 Å². The zero-order valence-electron chi connectivity index (χ0n) is 19.0. The number of phenols is 4. The summed E-state index contributed by atoms with van der Waals surface area (Å²) in [6, 6.07) is 15.4. The number of phenolic OH excluding ortho intramolecular Hbond substituents is 4. The quantitative estimate of drug-likeness (QED) is 0.382. The first-order valence-electron chi connectivity index (χ1n) is 10.2. The molecule has 0 amide bonds. The van der Waals surface area contributed by atoms with E-state index in [1.807, 2.05) is 31.2 Å². The third-order valence-corrected chi connectivity index (χ3v) is 4.57. The molecule has 0 atom stereocenters. The van der Waals surface area contributed by atoms with E-state index < -0.39 is 0 Å². The topological polar surface area (TPSA) is 99.4 Å². The molecule has 32 heavy (non-hydrogen) atoms. The fourth-order valence-electron chi connectivity index (χ4n) is 2.63. The van der Waals surface area contributed by atoms with Crippen LogP contribution in [0, 0.1) is 0 Å². The van der Waals surface area contributed by atoms with Crippen LogP contribution in [0.5, 0.6) is 34.5 Å². The van der Waals surface area contributed by atoms with E-state index in [2.05, 4.69) is 13.5 Å². The molecule has 3 aromatic rings. The second-order valence-electron chi connectivity index (χ2n) is 6.63. The normalized spacial score (nSPS) is 9.50. The predicted octanol–water partition coefficient (Wildman–Crippen LogP) is 5.67. The molecule has 0 unspecified atom stereocenters. The maximum Gasteiger partial charge on any atom is 0.160 e. The molecule has 0 spiro atoms. The minimum absolute atomic E-state index is 0.106. The van der Waals surface area contributed by atoms with Gasteiger partial charge in [-0.3, -0.25) is 0 Å². The van der Waals surface area contributed by atoms with Crippen LogP contribution < -0.4 is 9.47 Å². The molecule has 0 saturated carbocycles. The molecule has 3 aromatic carbocycles. The van der Waals surface area contributed by atoms with E-state index in [0.29, 0.717) is 11.5 Å². The summed E-state index contributed by atoms with van der Waals surface area (Å²) in [6.45, 7) is 7.56. The average molecular weight is 441 g/mol. The van der Waals surface area contributed by atoms with E-state index in [1.54, 1.807) is 38.5 Å². The van der Waals surface area contributed by atoms with Crippen molar-refractivity contribution in [1.29, 1.82) is 0 Å². The molecule has 0 saturated heterocycles. The van der Waals surface area contributed by atoms with Crippen LogP contribution in [0.3, 0.4) is 0 Å². The van der Waals surface area contributed by atoms with Gasteiger partial charge >= 0.3 is 0 Å². The lowest BCUT2D eigenvalue weighted by Crippen LogP contribution is -1.87. The smallest absolute Gasteiger partial charge is 0.160 e. The molecule has 4 N–H and O–H groups in total. The van der Waals surface area contributed by atoms with Crippen LogP contribution in [0.4, 0.5) is 0 Å². The largest absolute Gasteiger partial charge is 0.504 e. The van der Waals surface area contributed by atoms with Crippen molar-refractivity contribution in [2.75, 3.05) is 14.2 Å². The van der Waals surface area contributed by atoms with Gasteiger partial charge < -0.3 is 29.9 Å². The Kier molecular flexibility index (Phi) is 11.1. The van der Waals surface area contributed by atoms with Crippen molar-refractivity contribution in [1.82, 2.24) is 0 Å². The van der Waals surface area contributed by atoms with Gasteiger partial charge in [-0.1, -0.05) is 50.8 Å². The lowest BCUT2D eigenvalue weighted by Gasteiger charge is -2.05. The number of ether oxygens (including phenoxy) is 2. The predicted molar refractivity (Wildman–Crippen MR) is 128 cm³/mol. The molecule has 0 heterocycles. The highest BCUT2D eigenvalue weighted by atomic mass is 16.5. The minimum Gasteiger partial charge on any atom is -0.504 e. The van der Waals surface area contributed by atoms with E-state index in [0.717, 1.165) is 24.0 Å². The summed E-state index contributed by atoms with van der Waals surface area (Å²) in [4.78, 5) is 0. The van der Waals surface area contributed by atoms with Crippen molar-refractivity contribution in [2.24, 2.45) is 0 Å². The van der Waals surface area contributed by atoms with Crippen molar-refractivity contribution in [3.8, 4) is 34.5 Å². The van der Waals surface area contributed by atoms with Gasteiger partial charge in [-0.25, -0.2) is 0 Å². The van der Waals surface area contributed by atoms with Crippen molar-refractivity contribution in [3.63, 3.8) is 0 Å². The molecule has 172 valence electrons. The van der Waals surface area contributed by atoms with Crippen molar-refractivity contribution < 1.29 is 29.9 Å². The van der Waals surface area contributed by atoms with E-state index in [1.165, 1.54) is 17.7 Å². The maximum atomic E-state index is 9.46. The number of para-hydroxylation sites is 1. The zero-order chi connectivity index (χ0) is 24.1. The van der Waals surface area contributed by atoms with Gasteiger partial charge in [0.25, 0.3) is 0 Å². The highest BCUT2D eigenvalue weighted by molar-refractivity contribution is 5.53. The molecule has 0 aliphatic carbocycles. The van der Waals surface area contributed by atoms with Crippen LogP contribution >= 0.6 is 0 Å². The molecule has 0 aliphatic heterocycles. The van der Waals surface area contributed by atoms with Crippen LogP contribution in [-0.2, 0) is 12.8 Å². The summed E-state index contributed by atoms with van der Waals surface area (Å²) in [5.41, 5.74) is 2.87. The maximum absolute atomic E-state index is 9.46. The number of rotatable bonds is 5. The standard InChI is InChI=1S/2C9H12O2.C8H8O2/c1-3-7-4-5-8(10)9(6-7)11-2;1-3-7-5-4-6-8(11-2)9(7)10;1-2-6-3-4-7(9)8(10)5-6/h2*4-6,10H,3H2,1-2H3;2-5,9-10H,1H2. The Morgan fingerprint density at radius 1 is 0.750 bits per heavy atom. The van der Waals surface area contributed by atoms with Crippen LogP contribution in [0.2, 0.25) is 0 Å². The zero-order valence-corrected chi connectivity index (χ0v) is 19.0. The molecular weight excluding hydrogens is 408 g/mol. The lowest BCUT2D eigenvalue weighted by atomic mass is 10.1. The number of hydrogen-bond donors (Lipinski definition) is 4. The number of aryl methyl sites for hydroxylation is 2. The number of benzene rings is 3. The Morgan fingerprint density at radius 3 is 1.94 bits per heavy atom. The van der Waals surface area contributed by atoms with Crippen LogP contribution in [-0.4, -0.2) is 34.6 Å². The Bertz CT molecular complexity index is 973. The van der Waals surface area contributed by atoms with Crippen LogP contribution in [0.15, 0.2) is 61.2 Å². The Hall–Kier alpha value is -3.80. The van der Waals surface area contributed by atoms with E-state index >= 15 is 0 Å². The minimum atomic E-state index is -0.114. The Morgan fingerprint density at radius 2 is 1.41 bits per heavy atom. The molecule has 0 aliphatic rings. The first-order valence-corrected chi connectivity index (χ1v) is 10.2. The molecule has 0 fully saturated rings. The highest BCUT2D eigenvalue weighted by Crippen LogP contribution is 2.29. The van der Waals surface area contributed by atoms with Gasteiger partial charge in [-0.15, -0.1) is 0 Å². The Labute approximate surface area is 189 Å². The SMILES string of the molecule is C=Cc1ccc(O)c(O)c1.CCc1ccc(O)c(OC)c1.CCc1cccc(OC)c1O. The molecule has 0 aromatic heterocycles. The number of aromatic hydroxyl groups is 4. The second kappa shape index (κ2) is 13.5. The molecule has 6 nitrogen and oxygen atoms in total. The number of methoxy groups -OCH3 is 2. The van der Waals surface area contributed by atoms with Gasteiger partial charge in [0.05, 0.1) is 14.2 Å². The average Bonchev–Trinajstić information content (AvgIpc) is 2.82. The lowest BCUT2D eigenvalue weighted by molar-refractivity contribution is 0.371. The van der Waals surface area contributed by atoms with Gasteiger partial charge in [0.2, 0.25) is 0 Å². The summed E-state index contributed by atoms with van der Waals surface area (Å²) >= 11 is 0. The van der Waals surface area contributed by atoms with Crippen LogP contribution in [0.1, 0.15) is 30.5 Å². The third-order valence-electron chi connectivity index (χ3n) is 4.57. The van der Waals surface area contributed by atoms with Gasteiger partial charge in [-0.2, -0.15) is 0 Å². The van der Waals surface area contributed by atoms with Gasteiger partial charge in [0.1, 0.15) is 0 Å². The molecule has 0 radical (unpaired) electrons. The third kappa shape index (κ3) is 7.80. The van der Waals surface area contributed by atoms with E-state index in [4.69, 9.17) is 19.7 Å². The van der Waals surface area contributed by atoms with Crippen molar-refractivity contribution >= 4 is 6.08 Å². The van der Waals surface area contributed by atoms with Crippen LogP contribution in [0.25, 0.3) is 6.08 Å². The van der Waals surface area contributed by atoms with Crippen molar-refractivity contribution in [2.45, 2.75) is 26.7 Å². The van der Waals surface area contributed by atoms with Gasteiger partial charge in [-0.05, 0) is 59.9 Å². The summed E-state index contributed by atoms with van der Waals surface area (Å²) in [6.07, 6.45) is 3.37. The fourth-order valence-corrected chi connectivity index (χ4v) is 2.63. The van der Waals surface area contributed by atoms with E-state index in [-0.39, 0.29) is 23.0 Å². The molecule has 0 bridgehead atoms. The summed E-state index contributed by atoms with van der Waals surface area (Å²) < 4.78 is 9.87. The summed E-state index contributed by atoms with van der Waals surface area (Å²) in [5.74, 6) is 1.33. The highest BCUT2D eigenvalue weighted by Gasteiger charge is 2.03. The van der Waals surface area contributed by atoms with E-state index in [9.17, 15) is 10.2 Å². The first kappa shape index (κ1) is 26.2. The monoisotopic (exact) mass is 440 g/mol. The first-order chi connectivity index (χ1) is 15.3. The Balaban J connectivity index is 0.000000240. The molecule has 6 heteroatoms. The summed E-state index contributed by atoms with van der Waals surface area (Å²) in [7, 11) is 3.10.